The predicted molar refractivity (Wildman–Crippen MR) is 57.9 cm³/mol. The van der Waals surface area contributed by atoms with Crippen molar-refractivity contribution in [3.63, 3.8) is 0 Å². The van der Waals surface area contributed by atoms with Crippen LogP contribution in [0, 0.1) is 11.8 Å². The number of hydrogen-bond acceptors (Lipinski definition) is 2. The van der Waals surface area contributed by atoms with E-state index in [2.05, 4.69) is 0 Å². The molecule has 1 saturated heterocycles. The molecule has 2 fully saturated rings. The molecule has 0 N–H and O–H groups in total. The van der Waals surface area contributed by atoms with Gasteiger partial charge in [0.2, 0.25) is 5.91 Å². The minimum Gasteiger partial charge on any atom is -0.332 e. The Morgan fingerprint density at radius 2 is 2.07 bits per heavy atom. The van der Waals surface area contributed by atoms with E-state index in [1.807, 2.05) is 0 Å². The zero-order valence-corrected chi connectivity index (χ0v) is 10.2. The van der Waals surface area contributed by atoms with Crippen molar-refractivity contribution in [2.24, 2.45) is 11.8 Å². The van der Waals surface area contributed by atoms with Gasteiger partial charge in [0.15, 0.2) is 5.78 Å². The van der Waals surface area contributed by atoms with Crippen LogP contribution in [0.2, 0.25) is 0 Å². The number of Topliss-reactive ketones (excluding diaryl/α,β-unsaturated/α-hetero) is 1. The molecule has 15 heavy (non-hydrogen) atoms. The third kappa shape index (κ3) is 1.48. The fourth-order valence-electron chi connectivity index (χ4n) is 2.51. The number of hydrogen-bond donors (Lipinski definition) is 0. The summed E-state index contributed by atoms with van der Waals surface area (Å²) in [5.41, 5.74) is 0. The molecular formula is C10H13Cl2NO2. The van der Waals surface area contributed by atoms with Gasteiger partial charge in [-0.1, -0.05) is 6.92 Å². The minimum absolute atomic E-state index is 0.0564. The van der Waals surface area contributed by atoms with E-state index in [4.69, 9.17) is 23.2 Å². The van der Waals surface area contributed by atoms with Gasteiger partial charge < -0.3 is 4.90 Å². The Morgan fingerprint density at radius 1 is 1.47 bits per heavy atom. The normalized spacial score (nSPS) is 36.3. The molecule has 84 valence electrons. The lowest BCUT2D eigenvalue weighted by Crippen LogP contribution is -2.44. The molecule has 3 nitrogen and oxygen atoms in total. The van der Waals surface area contributed by atoms with Crippen molar-refractivity contribution in [2.45, 2.75) is 30.6 Å². The maximum atomic E-state index is 11.7. The maximum Gasteiger partial charge on any atom is 0.220 e. The van der Waals surface area contributed by atoms with Gasteiger partial charge in [-0.05, 0) is 0 Å². The number of rotatable bonds is 2. The summed E-state index contributed by atoms with van der Waals surface area (Å²) in [5, 5.41) is 0. The number of halogens is 2. The van der Waals surface area contributed by atoms with Crippen molar-refractivity contribution in [3.8, 4) is 0 Å². The number of likely N-dealkylation sites (tertiary alicyclic amines) is 1. The van der Waals surface area contributed by atoms with Gasteiger partial charge in [0, 0.05) is 31.7 Å². The van der Waals surface area contributed by atoms with Gasteiger partial charge in [-0.15, -0.1) is 23.2 Å². The van der Waals surface area contributed by atoms with Crippen molar-refractivity contribution < 1.29 is 9.59 Å². The molecule has 0 spiro atoms. The van der Waals surface area contributed by atoms with Gasteiger partial charge in [-0.3, -0.25) is 9.59 Å². The molecule has 0 aromatic heterocycles. The summed E-state index contributed by atoms with van der Waals surface area (Å²) in [4.78, 5) is 24.7. The van der Waals surface area contributed by atoms with E-state index < -0.39 is 10.4 Å². The zero-order valence-electron chi connectivity index (χ0n) is 8.67. The van der Waals surface area contributed by atoms with E-state index in [1.54, 1.807) is 11.8 Å². The molecule has 0 aromatic carbocycles. The largest absolute Gasteiger partial charge is 0.332 e. The molecule has 1 aliphatic carbocycles. The number of alkyl halides is 2. The van der Waals surface area contributed by atoms with E-state index >= 15 is 0 Å². The molecule has 0 radical (unpaired) electrons. The van der Waals surface area contributed by atoms with Crippen molar-refractivity contribution in [3.05, 3.63) is 0 Å². The highest BCUT2D eigenvalue weighted by Crippen LogP contribution is 2.65. The number of carbonyl (C=O) groups is 2. The van der Waals surface area contributed by atoms with Gasteiger partial charge in [0.1, 0.15) is 4.33 Å². The minimum atomic E-state index is -0.790. The van der Waals surface area contributed by atoms with Crippen LogP contribution in [0.4, 0.5) is 0 Å². The van der Waals surface area contributed by atoms with Crippen LogP contribution in [0.15, 0.2) is 0 Å². The Morgan fingerprint density at radius 3 is 2.53 bits per heavy atom. The van der Waals surface area contributed by atoms with E-state index in [-0.39, 0.29) is 23.5 Å². The summed E-state index contributed by atoms with van der Waals surface area (Å²) in [6.07, 6.45) is 0.418. The highest BCUT2D eigenvalue weighted by molar-refractivity contribution is 6.51. The third-order valence-corrected chi connectivity index (χ3v) is 4.48. The molecular weight excluding hydrogens is 237 g/mol. The summed E-state index contributed by atoms with van der Waals surface area (Å²) >= 11 is 12.1. The Hall–Kier alpha value is -0.280. The van der Waals surface area contributed by atoms with Gasteiger partial charge in [0.25, 0.3) is 0 Å². The molecule has 1 amide bonds. The number of carbonyl (C=O) groups excluding carboxylic acids is 2. The Kier molecular flexibility index (Phi) is 2.51. The fourth-order valence-corrected chi connectivity index (χ4v) is 3.34. The van der Waals surface area contributed by atoms with E-state index in [0.29, 0.717) is 13.0 Å². The highest BCUT2D eigenvalue weighted by atomic mass is 35.5. The van der Waals surface area contributed by atoms with Crippen LogP contribution in [0.25, 0.3) is 0 Å². The van der Waals surface area contributed by atoms with Crippen LogP contribution < -0.4 is 0 Å². The number of nitrogens with zero attached hydrogens (tertiary/aromatic N) is 1. The maximum absolute atomic E-state index is 11.7. The molecule has 2 aliphatic rings. The topological polar surface area (TPSA) is 37.4 Å². The first-order chi connectivity index (χ1) is 6.91. The van der Waals surface area contributed by atoms with Crippen LogP contribution >= 0.6 is 23.2 Å². The van der Waals surface area contributed by atoms with E-state index in [1.165, 1.54) is 6.92 Å². The molecule has 0 aromatic rings. The fraction of sp³-hybridized carbons (Fsp3) is 0.800. The van der Waals surface area contributed by atoms with Crippen molar-refractivity contribution in [2.75, 3.05) is 6.54 Å². The number of ketones is 1. The smallest absolute Gasteiger partial charge is 0.220 e. The molecule has 2 rings (SSSR count). The molecule has 1 aliphatic heterocycles. The molecule has 5 heteroatoms. The van der Waals surface area contributed by atoms with Crippen LogP contribution in [0.5, 0.6) is 0 Å². The summed E-state index contributed by atoms with van der Waals surface area (Å²) in [6.45, 7) is 3.79. The molecule has 0 unspecified atom stereocenters. The molecule has 1 heterocycles. The van der Waals surface area contributed by atoms with E-state index in [9.17, 15) is 9.59 Å². The first-order valence-corrected chi connectivity index (χ1v) is 5.84. The number of piperidine rings is 1. The van der Waals surface area contributed by atoms with Crippen LogP contribution in [0.3, 0.4) is 0 Å². The molecule has 1 saturated carbocycles. The average molecular weight is 250 g/mol. The molecule has 3 atom stereocenters. The summed E-state index contributed by atoms with van der Waals surface area (Å²) in [6, 6.07) is -0.396. The summed E-state index contributed by atoms with van der Waals surface area (Å²) < 4.78 is -0.790. The lowest BCUT2D eigenvalue weighted by molar-refractivity contribution is -0.137. The predicted octanol–water partition coefficient (Wildman–Crippen LogP) is 1.62. The second kappa shape index (κ2) is 3.36. The van der Waals surface area contributed by atoms with E-state index in [0.717, 1.165) is 0 Å². The van der Waals surface area contributed by atoms with Gasteiger partial charge in [0.05, 0.1) is 6.04 Å². The standard InChI is InChI=1S/C10H13Cl2NO2/c1-3-7(15)9-8-6(10(8,11)12)4-13(9)5(2)14/h6,8-9H,3-4H2,1-2H3/t6-,8-,9+/m0/s1. The van der Waals surface area contributed by atoms with Gasteiger partial charge in [-0.2, -0.15) is 0 Å². The Bertz CT molecular complexity index is 329. The summed E-state index contributed by atoms with van der Waals surface area (Å²) in [5.74, 6) is 0.00132. The first-order valence-electron chi connectivity index (χ1n) is 5.09. The monoisotopic (exact) mass is 249 g/mol. The second-order valence-corrected chi connectivity index (χ2v) is 5.69. The lowest BCUT2D eigenvalue weighted by Gasteiger charge is -2.27. The lowest BCUT2D eigenvalue weighted by atomic mass is 10.1. The van der Waals surface area contributed by atoms with Crippen LogP contribution in [-0.2, 0) is 9.59 Å². The van der Waals surface area contributed by atoms with Gasteiger partial charge in [-0.25, -0.2) is 0 Å². The number of amides is 1. The van der Waals surface area contributed by atoms with Crippen molar-refractivity contribution in [1.82, 2.24) is 4.90 Å². The SMILES string of the molecule is CCC(=O)[C@@H]1[C@@H]2[C@H](CN1C(C)=O)C2(Cl)Cl. The Balaban J connectivity index is 2.22. The zero-order chi connectivity index (χ0) is 11.4. The first kappa shape index (κ1) is 11.2. The highest BCUT2D eigenvalue weighted by Gasteiger charge is 2.73. The summed E-state index contributed by atoms with van der Waals surface area (Å²) in [7, 11) is 0. The average Bonchev–Trinajstić information content (AvgIpc) is 2.60. The van der Waals surface area contributed by atoms with Crippen LogP contribution in [-0.4, -0.2) is 33.5 Å². The number of fused-ring (bicyclic) bond motifs is 1. The van der Waals surface area contributed by atoms with Crippen molar-refractivity contribution in [1.29, 1.82) is 0 Å². The third-order valence-electron chi connectivity index (χ3n) is 3.42. The van der Waals surface area contributed by atoms with Crippen LogP contribution in [0.1, 0.15) is 20.3 Å². The Labute approximate surface area is 98.7 Å². The quantitative estimate of drug-likeness (QED) is 0.698. The van der Waals surface area contributed by atoms with Gasteiger partial charge >= 0.3 is 0 Å². The molecule has 0 bridgehead atoms. The van der Waals surface area contributed by atoms with Crippen molar-refractivity contribution >= 4 is 34.9 Å². The second-order valence-electron chi connectivity index (χ2n) is 4.24.